The van der Waals surface area contributed by atoms with Crippen LogP contribution in [0.25, 0.3) is 0 Å². The quantitative estimate of drug-likeness (QED) is 0.835. The molecule has 2 aliphatic carbocycles. The Morgan fingerprint density at radius 3 is 1.33 bits per heavy atom. The Hall–Kier alpha value is 0.500. The van der Waals surface area contributed by atoms with E-state index in [0.29, 0.717) is 18.4 Å². The maximum absolute atomic E-state index is 6.72. The standard InChI is InChI=1S/C14H28N2.2ClH/c15-11-14(16,12-7-3-1-4-8-12)13-9-5-2-6-10-13;;/h12-13H,1-11,15-16H2;2*1H. The first-order valence-corrected chi connectivity index (χ1v) is 7.26. The van der Waals surface area contributed by atoms with Crippen molar-refractivity contribution in [1.82, 2.24) is 0 Å². The van der Waals surface area contributed by atoms with Gasteiger partial charge in [-0.3, -0.25) is 0 Å². The molecule has 2 saturated carbocycles. The summed E-state index contributed by atoms with van der Waals surface area (Å²) in [4.78, 5) is 0. The zero-order chi connectivity index (χ0) is 11.4. The number of nitrogens with two attached hydrogens (primary N) is 2. The molecule has 2 nitrogen and oxygen atoms in total. The van der Waals surface area contributed by atoms with E-state index in [1.165, 1.54) is 64.2 Å². The van der Waals surface area contributed by atoms with Crippen molar-refractivity contribution >= 4 is 24.8 Å². The van der Waals surface area contributed by atoms with Gasteiger partial charge in [0.1, 0.15) is 0 Å². The molecule has 4 N–H and O–H groups in total. The lowest BCUT2D eigenvalue weighted by atomic mass is 9.65. The van der Waals surface area contributed by atoms with Crippen molar-refractivity contribution in [3.05, 3.63) is 0 Å². The fourth-order valence-corrected chi connectivity index (χ4v) is 3.95. The van der Waals surface area contributed by atoms with Crippen LogP contribution >= 0.6 is 24.8 Å². The lowest BCUT2D eigenvalue weighted by molar-refractivity contribution is 0.112. The van der Waals surface area contributed by atoms with Crippen molar-refractivity contribution in [2.24, 2.45) is 23.3 Å². The van der Waals surface area contributed by atoms with Gasteiger partial charge in [-0.15, -0.1) is 24.8 Å². The van der Waals surface area contributed by atoms with Crippen molar-refractivity contribution < 1.29 is 0 Å². The van der Waals surface area contributed by atoms with E-state index in [0.717, 1.165) is 0 Å². The summed E-state index contributed by atoms with van der Waals surface area (Å²) in [6, 6.07) is 0. The van der Waals surface area contributed by atoms with E-state index < -0.39 is 0 Å². The van der Waals surface area contributed by atoms with E-state index in [1.807, 2.05) is 0 Å². The van der Waals surface area contributed by atoms with E-state index in [-0.39, 0.29) is 30.4 Å². The predicted octanol–water partition coefficient (Wildman–Crippen LogP) is 3.65. The average Bonchev–Trinajstić information content (AvgIpc) is 2.40. The highest BCUT2D eigenvalue weighted by molar-refractivity contribution is 5.85. The molecule has 0 unspecified atom stereocenters. The maximum Gasteiger partial charge on any atom is 0.0335 e. The summed E-state index contributed by atoms with van der Waals surface area (Å²) in [6.07, 6.45) is 13.6. The summed E-state index contributed by atoms with van der Waals surface area (Å²) in [5.74, 6) is 1.41. The van der Waals surface area contributed by atoms with Crippen LogP contribution in [0.15, 0.2) is 0 Å². The lowest BCUT2D eigenvalue weighted by Crippen LogP contribution is -2.59. The molecule has 2 fully saturated rings. The lowest BCUT2D eigenvalue weighted by Gasteiger charge is -2.46. The average molecular weight is 297 g/mol. The van der Waals surface area contributed by atoms with Gasteiger partial charge < -0.3 is 11.5 Å². The van der Waals surface area contributed by atoms with Crippen molar-refractivity contribution in [1.29, 1.82) is 0 Å². The van der Waals surface area contributed by atoms with Crippen molar-refractivity contribution in [3.63, 3.8) is 0 Å². The normalized spacial score (nSPS) is 23.0. The Labute approximate surface area is 124 Å². The molecule has 0 spiro atoms. The van der Waals surface area contributed by atoms with E-state index in [1.54, 1.807) is 0 Å². The Balaban J connectivity index is 0.00000144. The van der Waals surface area contributed by atoms with Crippen LogP contribution in [0.5, 0.6) is 0 Å². The molecule has 4 heteroatoms. The van der Waals surface area contributed by atoms with Gasteiger partial charge in [0.25, 0.3) is 0 Å². The Morgan fingerprint density at radius 2 is 1.06 bits per heavy atom. The molecular weight excluding hydrogens is 267 g/mol. The Morgan fingerprint density at radius 1 is 0.722 bits per heavy atom. The van der Waals surface area contributed by atoms with Crippen molar-refractivity contribution in [2.75, 3.05) is 6.54 Å². The number of rotatable bonds is 3. The van der Waals surface area contributed by atoms with Crippen LogP contribution in [-0.2, 0) is 0 Å². The number of hydrogen-bond acceptors (Lipinski definition) is 2. The highest BCUT2D eigenvalue weighted by Crippen LogP contribution is 2.40. The topological polar surface area (TPSA) is 52.0 Å². The highest BCUT2D eigenvalue weighted by atomic mass is 35.5. The van der Waals surface area contributed by atoms with E-state index in [4.69, 9.17) is 11.5 Å². The fourth-order valence-electron chi connectivity index (χ4n) is 3.95. The zero-order valence-electron chi connectivity index (χ0n) is 11.4. The minimum atomic E-state index is -0.0408. The molecular formula is C14H30Cl2N2. The second-order valence-corrected chi connectivity index (χ2v) is 5.99. The largest absolute Gasteiger partial charge is 0.329 e. The number of halogens is 2. The molecule has 0 heterocycles. The van der Waals surface area contributed by atoms with Gasteiger partial charge in [-0.1, -0.05) is 38.5 Å². The molecule has 0 saturated heterocycles. The van der Waals surface area contributed by atoms with Crippen molar-refractivity contribution in [2.45, 2.75) is 69.7 Å². The fraction of sp³-hybridized carbons (Fsp3) is 1.00. The van der Waals surface area contributed by atoms with Crippen LogP contribution in [-0.4, -0.2) is 12.1 Å². The molecule has 110 valence electrons. The smallest absolute Gasteiger partial charge is 0.0335 e. The third-order valence-corrected chi connectivity index (χ3v) is 5.08. The first-order valence-electron chi connectivity index (χ1n) is 7.26. The molecule has 0 radical (unpaired) electrons. The van der Waals surface area contributed by atoms with Gasteiger partial charge in [0.2, 0.25) is 0 Å². The molecule has 0 amide bonds. The summed E-state index contributed by atoms with van der Waals surface area (Å²) in [5, 5.41) is 0. The van der Waals surface area contributed by atoms with Crippen LogP contribution in [0.4, 0.5) is 0 Å². The molecule has 0 aromatic carbocycles. The van der Waals surface area contributed by atoms with Crippen LogP contribution in [0.2, 0.25) is 0 Å². The third-order valence-electron chi connectivity index (χ3n) is 5.08. The van der Waals surface area contributed by atoms with Gasteiger partial charge in [-0.2, -0.15) is 0 Å². The summed E-state index contributed by atoms with van der Waals surface area (Å²) >= 11 is 0. The van der Waals surface area contributed by atoms with Gasteiger partial charge in [0.15, 0.2) is 0 Å². The van der Waals surface area contributed by atoms with Gasteiger partial charge >= 0.3 is 0 Å². The molecule has 0 aromatic heterocycles. The SMILES string of the molecule is Cl.Cl.NCC(N)(C1CCCCC1)C1CCCCC1. The minimum absolute atomic E-state index is 0. The predicted molar refractivity (Wildman–Crippen MR) is 83.6 cm³/mol. The van der Waals surface area contributed by atoms with E-state index in [9.17, 15) is 0 Å². The molecule has 18 heavy (non-hydrogen) atoms. The molecule has 2 aliphatic rings. The molecule has 0 aromatic rings. The van der Waals surface area contributed by atoms with Gasteiger partial charge in [0, 0.05) is 12.1 Å². The monoisotopic (exact) mass is 296 g/mol. The van der Waals surface area contributed by atoms with Gasteiger partial charge in [-0.25, -0.2) is 0 Å². The first-order chi connectivity index (χ1) is 7.77. The minimum Gasteiger partial charge on any atom is -0.329 e. The second-order valence-electron chi connectivity index (χ2n) is 5.99. The zero-order valence-corrected chi connectivity index (χ0v) is 13.0. The van der Waals surface area contributed by atoms with Gasteiger partial charge in [0.05, 0.1) is 0 Å². The van der Waals surface area contributed by atoms with E-state index in [2.05, 4.69) is 0 Å². The third kappa shape index (κ3) is 4.00. The van der Waals surface area contributed by atoms with E-state index >= 15 is 0 Å². The van der Waals surface area contributed by atoms with Crippen LogP contribution in [0.1, 0.15) is 64.2 Å². The Kier molecular flexibility index (Phi) is 8.87. The van der Waals surface area contributed by atoms with Gasteiger partial charge in [-0.05, 0) is 37.5 Å². The molecule has 0 atom stereocenters. The van der Waals surface area contributed by atoms with Crippen LogP contribution in [0.3, 0.4) is 0 Å². The Bertz CT molecular complexity index is 194. The highest BCUT2D eigenvalue weighted by Gasteiger charge is 2.41. The van der Waals surface area contributed by atoms with Crippen LogP contribution < -0.4 is 11.5 Å². The first kappa shape index (κ1) is 18.5. The summed E-state index contributed by atoms with van der Waals surface area (Å²) in [7, 11) is 0. The number of hydrogen-bond donors (Lipinski definition) is 2. The molecule has 0 bridgehead atoms. The summed E-state index contributed by atoms with van der Waals surface area (Å²) in [6.45, 7) is 0.697. The molecule has 2 rings (SSSR count). The molecule has 0 aliphatic heterocycles. The second kappa shape index (κ2) is 8.63. The summed E-state index contributed by atoms with van der Waals surface area (Å²) < 4.78 is 0. The van der Waals surface area contributed by atoms with Crippen molar-refractivity contribution in [3.8, 4) is 0 Å². The van der Waals surface area contributed by atoms with Crippen LogP contribution in [0, 0.1) is 11.8 Å². The maximum atomic E-state index is 6.72. The summed E-state index contributed by atoms with van der Waals surface area (Å²) in [5.41, 5.74) is 12.7.